The van der Waals surface area contributed by atoms with E-state index >= 15 is 0 Å². The van der Waals surface area contributed by atoms with Crippen LogP contribution in [0.1, 0.15) is 11.1 Å². The van der Waals surface area contributed by atoms with Gasteiger partial charge in [-0.1, -0.05) is 54.6 Å². The smallest absolute Gasteiger partial charge is 0.0561 e. The molecule has 0 radical (unpaired) electrons. The molecule has 25 heavy (non-hydrogen) atoms. The van der Waals surface area contributed by atoms with Crippen LogP contribution in [0.15, 0.2) is 96.2 Å². The highest BCUT2D eigenvalue weighted by atomic mass is 15.3. The first kappa shape index (κ1) is 15.2. The van der Waals surface area contributed by atoms with Crippen LogP contribution in [0.25, 0.3) is 10.9 Å². The Kier molecular flexibility index (Phi) is 4.29. The Balaban J connectivity index is 1.51. The molecule has 0 aliphatic heterocycles. The average molecular weight is 325 g/mol. The van der Waals surface area contributed by atoms with Gasteiger partial charge in [-0.25, -0.2) is 0 Å². The first-order chi connectivity index (χ1) is 12.4. The predicted octanol–water partition coefficient (Wildman–Crippen LogP) is 5.14. The van der Waals surface area contributed by atoms with Gasteiger partial charge in [0.05, 0.1) is 11.9 Å². The predicted molar refractivity (Wildman–Crippen MR) is 105 cm³/mol. The van der Waals surface area contributed by atoms with Crippen LogP contribution in [0.3, 0.4) is 0 Å². The van der Waals surface area contributed by atoms with Crippen LogP contribution in [0.5, 0.6) is 0 Å². The molecule has 0 bridgehead atoms. The Morgan fingerprint density at radius 3 is 2.40 bits per heavy atom. The van der Waals surface area contributed by atoms with E-state index in [1.807, 2.05) is 42.6 Å². The second-order valence-corrected chi connectivity index (χ2v) is 5.98. The number of aromatic nitrogens is 1. The van der Waals surface area contributed by atoms with Gasteiger partial charge in [0.15, 0.2) is 0 Å². The first-order valence-corrected chi connectivity index (χ1v) is 8.35. The summed E-state index contributed by atoms with van der Waals surface area (Å²) in [6.45, 7) is 0.882. The number of rotatable bonds is 5. The molecule has 0 atom stereocenters. The normalized spacial score (nSPS) is 11.2. The number of nitrogens with one attached hydrogen (secondary N) is 1. The van der Waals surface area contributed by atoms with Gasteiger partial charge in [0.1, 0.15) is 0 Å². The van der Waals surface area contributed by atoms with Crippen molar-refractivity contribution < 1.29 is 0 Å². The minimum Gasteiger partial charge on any atom is -0.343 e. The Labute approximate surface area is 147 Å². The highest BCUT2D eigenvalue weighted by Gasteiger charge is 2.02. The summed E-state index contributed by atoms with van der Waals surface area (Å²) in [4.78, 5) is 0. The van der Waals surface area contributed by atoms with Crippen molar-refractivity contribution in [2.24, 2.45) is 5.10 Å². The molecule has 0 aliphatic carbocycles. The third-order valence-electron chi connectivity index (χ3n) is 4.17. The van der Waals surface area contributed by atoms with E-state index in [1.165, 1.54) is 16.5 Å². The second kappa shape index (κ2) is 7.05. The van der Waals surface area contributed by atoms with Crippen LogP contribution < -0.4 is 5.43 Å². The Hall–Kier alpha value is -3.33. The molecular weight excluding hydrogens is 306 g/mol. The molecule has 3 nitrogen and oxygen atoms in total. The number of nitrogens with zero attached hydrogens (tertiary/aromatic N) is 2. The van der Waals surface area contributed by atoms with Gasteiger partial charge in [0.2, 0.25) is 0 Å². The third kappa shape index (κ3) is 3.61. The highest BCUT2D eigenvalue weighted by molar-refractivity contribution is 5.89. The molecule has 0 saturated heterocycles. The van der Waals surface area contributed by atoms with Gasteiger partial charge in [-0.15, -0.1) is 0 Å². The van der Waals surface area contributed by atoms with E-state index in [2.05, 4.69) is 69.8 Å². The van der Waals surface area contributed by atoms with Gasteiger partial charge in [-0.3, -0.25) is 5.43 Å². The van der Waals surface area contributed by atoms with Gasteiger partial charge in [-0.05, 0) is 41.5 Å². The largest absolute Gasteiger partial charge is 0.343 e. The maximum Gasteiger partial charge on any atom is 0.0561 e. The zero-order chi connectivity index (χ0) is 16.9. The third-order valence-corrected chi connectivity index (χ3v) is 4.17. The molecule has 122 valence electrons. The lowest BCUT2D eigenvalue weighted by atomic mass is 10.1. The Morgan fingerprint density at radius 1 is 0.840 bits per heavy atom. The number of anilines is 1. The molecule has 3 aromatic carbocycles. The quantitative estimate of drug-likeness (QED) is 0.400. The van der Waals surface area contributed by atoms with Crippen molar-refractivity contribution in [1.82, 2.24) is 4.57 Å². The second-order valence-electron chi connectivity index (χ2n) is 5.98. The molecule has 0 amide bonds. The first-order valence-electron chi connectivity index (χ1n) is 8.35. The summed E-state index contributed by atoms with van der Waals surface area (Å²) >= 11 is 0. The fraction of sp³-hybridized carbons (Fsp3) is 0.0455. The Morgan fingerprint density at radius 2 is 1.60 bits per heavy atom. The molecule has 3 heteroatoms. The van der Waals surface area contributed by atoms with Crippen molar-refractivity contribution in [3.8, 4) is 0 Å². The summed E-state index contributed by atoms with van der Waals surface area (Å²) in [5.74, 6) is 0. The monoisotopic (exact) mass is 325 g/mol. The maximum atomic E-state index is 4.31. The van der Waals surface area contributed by atoms with E-state index < -0.39 is 0 Å². The minimum absolute atomic E-state index is 0.882. The van der Waals surface area contributed by atoms with Gasteiger partial charge >= 0.3 is 0 Å². The van der Waals surface area contributed by atoms with Crippen LogP contribution in [0.4, 0.5) is 5.69 Å². The number of para-hydroxylation sites is 1. The number of hydrogen-bond acceptors (Lipinski definition) is 2. The van der Waals surface area contributed by atoms with E-state index in [0.717, 1.165) is 17.8 Å². The van der Waals surface area contributed by atoms with Gasteiger partial charge in [0, 0.05) is 23.6 Å². The summed E-state index contributed by atoms with van der Waals surface area (Å²) in [5, 5.41) is 5.53. The van der Waals surface area contributed by atoms with Crippen molar-refractivity contribution in [3.05, 3.63) is 102 Å². The van der Waals surface area contributed by atoms with Crippen molar-refractivity contribution in [3.63, 3.8) is 0 Å². The molecule has 0 unspecified atom stereocenters. The van der Waals surface area contributed by atoms with Gasteiger partial charge < -0.3 is 4.57 Å². The Bertz CT molecular complexity index is 986. The van der Waals surface area contributed by atoms with Crippen LogP contribution in [0.2, 0.25) is 0 Å². The molecule has 4 rings (SSSR count). The topological polar surface area (TPSA) is 29.3 Å². The van der Waals surface area contributed by atoms with Crippen molar-refractivity contribution in [1.29, 1.82) is 0 Å². The molecule has 1 heterocycles. The zero-order valence-corrected chi connectivity index (χ0v) is 13.8. The molecule has 0 saturated carbocycles. The lowest BCUT2D eigenvalue weighted by Gasteiger charge is -2.06. The average Bonchev–Trinajstić information content (AvgIpc) is 3.06. The molecule has 1 aromatic heterocycles. The number of hydrogen-bond donors (Lipinski definition) is 1. The summed E-state index contributed by atoms with van der Waals surface area (Å²) in [7, 11) is 0. The van der Waals surface area contributed by atoms with Gasteiger partial charge in [0.25, 0.3) is 0 Å². The summed E-state index contributed by atoms with van der Waals surface area (Å²) < 4.78 is 2.27. The van der Waals surface area contributed by atoms with Crippen LogP contribution >= 0.6 is 0 Å². The lowest BCUT2D eigenvalue weighted by Crippen LogP contribution is -1.97. The SMILES string of the molecule is C(=NNc1ccccc1)c1ccc2c(ccn2Cc2ccccc2)c1. The summed E-state index contributed by atoms with van der Waals surface area (Å²) in [6, 6.07) is 29.0. The summed E-state index contributed by atoms with van der Waals surface area (Å²) in [5.41, 5.74) is 7.64. The number of fused-ring (bicyclic) bond motifs is 1. The van der Waals surface area contributed by atoms with Crippen LogP contribution in [-0.2, 0) is 6.54 Å². The van der Waals surface area contributed by atoms with E-state index in [-0.39, 0.29) is 0 Å². The lowest BCUT2D eigenvalue weighted by molar-refractivity contribution is 0.837. The fourth-order valence-electron chi connectivity index (χ4n) is 2.91. The van der Waals surface area contributed by atoms with Crippen molar-refractivity contribution >= 4 is 22.8 Å². The fourth-order valence-corrected chi connectivity index (χ4v) is 2.91. The molecule has 1 N–H and O–H groups in total. The van der Waals surface area contributed by atoms with Crippen molar-refractivity contribution in [2.75, 3.05) is 5.43 Å². The number of hydrazone groups is 1. The van der Waals surface area contributed by atoms with Crippen LogP contribution in [-0.4, -0.2) is 10.8 Å². The zero-order valence-electron chi connectivity index (χ0n) is 13.8. The molecular formula is C22H19N3. The standard InChI is InChI=1S/C22H19N3/c1-3-7-18(8-4-1)17-25-14-13-20-15-19(11-12-22(20)25)16-23-24-21-9-5-2-6-10-21/h1-16,24H,17H2. The van der Waals surface area contributed by atoms with E-state index in [1.54, 1.807) is 0 Å². The highest BCUT2D eigenvalue weighted by Crippen LogP contribution is 2.18. The minimum atomic E-state index is 0.882. The summed E-state index contributed by atoms with van der Waals surface area (Å²) in [6.07, 6.45) is 3.99. The van der Waals surface area contributed by atoms with Crippen LogP contribution in [0, 0.1) is 0 Å². The molecule has 4 aromatic rings. The van der Waals surface area contributed by atoms with E-state index in [9.17, 15) is 0 Å². The molecule has 0 fully saturated rings. The van der Waals surface area contributed by atoms with Crippen molar-refractivity contribution in [2.45, 2.75) is 6.54 Å². The van der Waals surface area contributed by atoms with E-state index in [0.29, 0.717) is 0 Å². The van der Waals surface area contributed by atoms with E-state index in [4.69, 9.17) is 0 Å². The molecule has 0 aliphatic rings. The van der Waals surface area contributed by atoms with Gasteiger partial charge in [-0.2, -0.15) is 5.10 Å². The number of benzene rings is 3. The molecule has 0 spiro atoms. The maximum absolute atomic E-state index is 4.31.